The standard InChI is InChI=1S/C23H22N4O3/c1-13-7-5-9-17(11-13)21-26-23(30-27-21)15(3)25-22(28)18-12-16-8-6-10-19(29-4)20(16)24-14(18)2/h5-12,15H,1-4H3,(H,25,28)/t15-/m0/s1. The monoisotopic (exact) mass is 402 g/mol. The van der Waals surface area contributed by atoms with E-state index >= 15 is 0 Å². The van der Waals surface area contributed by atoms with Gasteiger partial charge in [-0.3, -0.25) is 4.79 Å². The van der Waals surface area contributed by atoms with Gasteiger partial charge in [-0.15, -0.1) is 0 Å². The minimum Gasteiger partial charge on any atom is -0.494 e. The van der Waals surface area contributed by atoms with Crippen molar-refractivity contribution in [1.29, 1.82) is 0 Å². The van der Waals surface area contributed by atoms with Gasteiger partial charge in [0.2, 0.25) is 11.7 Å². The lowest BCUT2D eigenvalue weighted by Crippen LogP contribution is -2.27. The predicted octanol–water partition coefficient (Wildman–Crippen LogP) is 4.40. The zero-order valence-electron chi connectivity index (χ0n) is 17.3. The average Bonchev–Trinajstić information content (AvgIpc) is 3.23. The lowest BCUT2D eigenvalue weighted by molar-refractivity contribution is 0.0931. The molecule has 7 heteroatoms. The highest BCUT2D eigenvalue weighted by Gasteiger charge is 2.20. The van der Waals surface area contributed by atoms with Crippen LogP contribution in [0.3, 0.4) is 0 Å². The molecule has 4 aromatic rings. The lowest BCUT2D eigenvalue weighted by Gasteiger charge is -2.13. The summed E-state index contributed by atoms with van der Waals surface area (Å²) in [5.74, 6) is 1.25. The summed E-state index contributed by atoms with van der Waals surface area (Å²) >= 11 is 0. The van der Waals surface area contributed by atoms with E-state index in [0.717, 1.165) is 22.0 Å². The van der Waals surface area contributed by atoms with Crippen molar-refractivity contribution in [1.82, 2.24) is 20.4 Å². The Morgan fingerprint density at radius 1 is 1.10 bits per heavy atom. The van der Waals surface area contributed by atoms with Gasteiger partial charge in [-0.25, -0.2) is 4.98 Å². The average molecular weight is 402 g/mol. The van der Waals surface area contributed by atoms with Crippen molar-refractivity contribution in [2.45, 2.75) is 26.8 Å². The van der Waals surface area contributed by atoms with E-state index in [4.69, 9.17) is 9.26 Å². The number of nitrogens with one attached hydrogen (secondary N) is 1. The van der Waals surface area contributed by atoms with Crippen LogP contribution in [0.15, 0.2) is 53.1 Å². The highest BCUT2D eigenvalue weighted by molar-refractivity contribution is 5.99. The molecule has 2 aromatic carbocycles. The number of methoxy groups -OCH3 is 1. The van der Waals surface area contributed by atoms with Gasteiger partial charge in [-0.1, -0.05) is 41.1 Å². The summed E-state index contributed by atoms with van der Waals surface area (Å²) in [6, 6.07) is 14.8. The zero-order valence-corrected chi connectivity index (χ0v) is 17.3. The zero-order chi connectivity index (χ0) is 21.3. The van der Waals surface area contributed by atoms with Crippen molar-refractivity contribution in [3.05, 3.63) is 71.2 Å². The number of nitrogens with zero attached hydrogens (tertiary/aromatic N) is 3. The molecule has 4 rings (SSSR count). The smallest absolute Gasteiger partial charge is 0.253 e. The first-order chi connectivity index (χ1) is 14.5. The fraction of sp³-hybridized carbons (Fsp3) is 0.217. The molecule has 0 saturated carbocycles. The minimum absolute atomic E-state index is 0.257. The second-order valence-corrected chi connectivity index (χ2v) is 7.17. The third kappa shape index (κ3) is 3.74. The van der Waals surface area contributed by atoms with Crippen LogP contribution in [0.25, 0.3) is 22.3 Å². The molecule has 2 aromatic heterocycles. The quantitative estimate of drug-likeness (QED) is 0.532. The summed E-state index contributed by atoms with van der Waals surface area (Å²) in [5.41, 5.74) is 3.80. The van der Waals surface area contributed by atoms with Crippen LogP contribution in [0.2, 0.25) is 0 Å². The number of aryl methyl sites for hydroxylation is 2. The van der Waals surface area contributed by atoms with Gasteiger partial charge in [0.1, 0.15) is 17.3 Å². The van der Waals surface area contributed by atoms with E-state index in [0.29, 0.717) is 28.7 Å². The van der Waals surface area contributed by atoms with E-state index in [-0.39, 0.29) is 5.91 Å². The van der Waals surface area contributed by atoms with E-state index in [1.165, 1.54) is 0 Å². The molecule has 1 amide bonds. The van der Waals surface area contributed by atoms with Crippen LogP contribution in [0.1, 0.15) is 40.5 Å². The number of hydrogen-bond acceptors (Lipinski definition) is 6. The van der Waals surface area contributed by atoms with E-state index < -0.39 is 6.04 Å². The van der Waals surface area contributed by atoms with Crippen molar-refractivity contribution in [3.63, 3.8) is 0 Å². The normalized spacial score (nSPS) is 12.0. The van der Waals surface area contributed by atoms with Crippen molar-refractivity contribution in [2.24, 2.45) is 0 Å². The van der Waals surface area contributed by atoms with Crippen LogP contribution >= 0.6 is 0 Å². The van der Waals surface area contributed by atoms with Gasteiger partial charge in [0.15, 0.2) is 0 Å². The number of ether oxygens (including phenoxy) is 1. The number of hydrogen-bond donors (Lipinski definition) is 1. The summed E-state index contributed by atoms with van der Waals surface area (Å²) in [6.07, 6.45) is 0. The van der Waals surface area contributed by atoms with Crippen LogP contribution in [0.5, 0.6) is 5.75 Å². The van der Waals surface area contributed by atoms with E-state index in [1.54, 1.807) is 21.0 Å². The summed E-state index contributed by atoms with van der Waals surface area (Å²) in [7, 11) is 1.60. The third-order valence-electron chi connectivity index (χ3n) is 4.90. The van der Waals surface area contributed by atoms with E-state index in [9.17, 15) is 4.79 Å². The summed E-state index contributed by atoms with van der Waals surface area (Å²) < 4.78 is 10.7. The Bertz CT molecular complexity index is 1230. The highest BCUT2D eigenvalue weighted by atomic mass is 16.5. The van der Waals surface area contributed by atoms with Gasteiger partial charge in [0.05, 0.1) is 18.4 Å². The molecule has 2 heterocycles. The van der Waals surface area contributed by atoms with Crippen molar-refractivity contribution < 1.29 is 14.1 Å². The van der Waals surface area contributed by atoms with Gasteiger partial charge in [0.25, 0.3) is 5.91 Å². The maximum Gasteiger partial charge on any atom is 0.253 e. The molecule has 0 aliphatic heterocycles. The molecule has 0 aliphatic carbocycles. The predicted molar refractivity (Wildman–Crippen MR) is 113 cm³/mol. The fourth-order valence-electron chi connectivity index (χ4n) is 3.31. The van der Waals surface area contributed by atoms with Crippen molar-refractivity contribution in [2.75, 3.05) is 7.11 Å². The van der Waals surface area contributed by atoms with Gasteiger partial charge < -0.3 is 14.6 Å². The molecule has 0 bridgehead atoms. The minimum atomic E-state index is -0.455. The number of aromatic nitrogens is 3. The van der Waals surface area contributed by atoms with Gasteiger partial charge >= 0.3 is 0 Å². The second-order valence-electron chi connectivity index (χ2n) is 7.17. The van der Waals surface area contributed by atoms with E-state index in [2.05, 4.69) is 20.4 Å². The SMILES string of the molecule is COc1cccc2cc(C(=O)N[C@@H](C)c3nc(-c4cccc(C)c4)no3)c(C)nc12. The molecule has 0 fully saturated rings. The number of rotatable bonds is 5. The van der Waals surface area contributed by atoms with Gasteiger partial charge in [0, 0.05) is 10.9 Å². The number of para-hydroxylation sites is 1. The molecule has 0 unspecified atom stereocenters. The Morgan fingerprint density at radius 3 is 2.67 bits per heavy atom. The van der Waals surface area contributed by atoms with Crippen molar-refractivity contribution >= 4 is 16.8 Å². The molecule has 7 nitrogen and oxygen atoms in total. The maximum atomic E-state index is 12.9. The van der Waals surface area contributed by atoms with Crippen LogP contribution in [0.4, 0.5) is 0 Å². The molecule has 0 spiro atoms. The van der Waals surface area contributed by atoms with Crippen LogP contribution in [-0.2, 0) is 0 Å². The molecule has 30 heavy (non-hydrogen) atoms. The molecule has 0 radical (unpaired) electrons. The first-order valence-electron chi connectivity index (χ1n) is 9.62. The lowest BCUT2D eigenvalue weighted by atomic mass is 10.1. The number of benzene rings is 2. The Hall–Kier alpha value is -3.74. The largest absolute Gasteiger partial charge is 0.494 e. The number of carbonyl (C=O) groups excluding carboxylic acids is 1. The summed E-state index contributed by atoms with van der Waals surface area (Å²) in [4.78, 5) is 21.9. The molecule has 0 aliphatic rings. The first-order valence-corrected chi connectivity index (χ1v) is 9.62. The maximum absolute atomic E-state index is 12.9. The first kappa shape index (κ1) is 19.6. The van der Waals surface area contributed by atoms with Crippen molar-refractivity contribution in [3.8, 4) is 17.1 Å². The topological polar surface area (TPSA) is 90.1 Å². The molecular formula is C23H22N4O3. The number of fused-ring (bicyclic) bond motifs is 1. The third-order valence-corrected chi connectivity index (χ3v) is 4.90. The summed E-state index contributed by atoms with van der Waals surface area (Å²) in [6.45, 7) is 5.61. The fourth-order valence-corrected chi connectivity index (χ4v) is 3.31. The Morgan fingerprint density at radius 2 is 1.90 bits per heavy atom. The van der Waals surface area contributed by atoms with Crippen LogP contribution < -0.4 is 10.1 Å². The molecule has 1 atom stereocenters. The Labute approximate surface area is 174 Å². The number of amides is 1. The summed E-state index contributed by atoms with van der Waals surface area (Å²) in [5, 5.41) is 7.79. The second kappa shape index (κ2) is 7.94. The Balaban J connectivity index is 1.56. The van der Waals surface area contributed by atoms with Gasteiger partial charge in [-0.05, 0) is 39.0 Å². The number of carbonyl (C=O) groups is 1. The molecule has 152 valence electrons. The van der Waals surface area contributed by atoms with Crippen LogP contribution in [0, 0.1) is 13.8 Å². The molecular weight excluding hydrogens is 380 g/mol. The van der Waals surface area contributed by atoms with E-state index in [1.807, 2.05) is 55.5 Å². The molecule has 0 saturated heterocycles. The van der Waals surface area contributed by atoms with Crippen LogP contribution in [-0.4, -0.2) is 28.1 Å². The Kier molecular flexibility index (Phi) is 5.18. The number of pyridine rings is 1. The highest BCUT2D eigenvalue weighted by Crippen LogP contribution is 2.26. The molecule has 1 N–H and O–H groups in total. The van der Waals surface area contributed by atoms with Gasteiger partial charge in [-0.2, -0.15) is 4.98 Å².